The molecule has 2 heterocycles. The van der Waals surface area contributed by atoms with Gasteiger partial charge in [0.1, 0.15) is 5.54 Å². The monoisotopic (exact) mass is 481 g/mol. The molecule has 3 aliphatic rings. The van der Waals surface area contributed by atoms with Crippen LogP contribution in [0.25, 0.3) is 0 Å². The Hall–Kier alpha value is -2.63. The van der Waals surface area contributed by atoms with Gasteiger partial charge in [0.25, 0.3) is 0 Å². The van der Waals surface area contributed by atoms with Crippen molar-refractivity contribution in [2.45, 2.75) is 69.5 Å². The number of amides is 3. The van der Waals surface area contributed by atoms with Gasteiger partial charge in [-0.3, -0.25) is 4.79 Å². The van der Waals surface area contributed by atoms with E-state index in [1.165, 1.54) is 19.3 Å². The van der Waals surface area contributed by atoms with Crippen LogP contribution in [0.4, 0.5) is 4.79 Å². The van der Waals surface area contributed by atoms with Gasteiger partial charge in [-0.1, -0.05) is 62.4 Å². The third kappa shape index (κ3) is 5.46. The standard InChI is InChI=1S/C27H39N5O3/c1-20(22-10-6-3-7-11-22)32(27(18-28)12-13-30-19-27)25(33)23(16-21-8-4-2-5-9-21)24-17-35-15-14-31(24)26(29)34/h3,6-7,10-11,20-21,23-24,30H,2,4-5,8-9,12-17,19H2,1H3,(H2,29,34). The Morgan fingerprint density at radius 2 is 2.03 bits per heavy atom. The number of carbonyl (C=O) groups excluding carboxylic acids is 2. The van der Waals surface area contributed by atoms with Crippen molar-refractivity contribution in [3.8, 4) is 6.07 Å². The molecule has 3 amide bonds. The Morgan fingerprint density at radius 3 is 2.66 bits per heavy atom. The molecular formula is C27H39N5O3. The summed E-state index contributed by atoms with van der Waals surface area (Å²) in [6, 6.07) is 11.2. The molecule has 3 N–H and O–H groups in total. The first-order valence-corrected chi connectivity index (χ1v) is 13.1. The third-order valence-electron chi connectivity index (χ3n) is 8.25. The minimum Gasteiger partial charge on any atom is -0.377 e. The molecule has 1 aromatic carbocycles. The normalized spacial score (nSPS) is 27.1. The Balaban J connectivity index is 1.73. The van der Waals surface area contributed by atoms with E-state index in [0.29, 0.717) is 45.0 Å². The molecule has 4 atom stereocenters. The number of hydrogen-bond donors (Lipinski definition) is 2. The number of hydrogen-bond acceptors (Lipinski definition) is 5. The van der Waals surface area contributed by atoms with Crippen molar-refractivity contribution >= 4 is 11.9 Å². The van der Waals surface area contributed by atoms with Gasteiger partial charge in [-0.15, -0.1) is 0 Å². The molecule has 2 aliphatic heterocycles. The lowest BCUT2D eigenvalue weighted by atomic mass is 9.78. The Morgan fingerprint density at radius 1 is 1.29 bits per heavy atom. The molecule has 0 spiro atoms. The van der Waals surface area contributed by atoms with Crippen molar-refractivity contribution in [1.29, 1.82) is 5.26 Å². The molecule has 0 radical (unpaired) electrons. The fourth-order valence-electron chi connectivity index (χ4n) is 6.30. The summed E-state index contributed by atoms with van der Waals surface area (Å²) in [5, 5.41) is 13.7. The maximum Gasteiger partial charge on any atom is 0.315 e. The number of primary amides is 1. The number of nitrogens with zero attached hydrogens (tertiary/aromatic N) is 3. The lowest BCUT2D eigenvalue weighted by Gasteiger charge is -2.46. The van der Waals surface area contributed by atoms with Gasteiger partial charge in [-0.25, -0.2) is 4.79 Å². The first kappa shape index (κ1) is 25.5. The van der Waals surface area contributed by atoms with Crippen LogP contribution in [0, 0.1) is 23.2 Å². The zero-order valence-corrected chi connectivity index (χ0v) is 20.8. The van der Waals surface area contributed by atoms with Crippen LogP contribution >= 0.6 is 0 Å². The summed E-state index contributed by atoms with van der Waals surface area (Å²) < 4.78 is 5.79. The van der Waals surface area contributed by atoms with E-state index in [1.54, 1.807) is 4.90 Å². The van der Waals surface area contributed by atoms with E-state index in [0.717, 1.165) is 18.4 Å². The van der Waals surface area contributed by atoms with Crippen molar-refractivity contribution in [3.05, 3.63) is 35.9 Å². The number of carbonyl (C=O) groups is 2. The van der Waals surface area contributed by atoms with Crippen LogP contribution in [0.15, 0.2) is 30.3 Å². The second-order valence-electron chi connectivity index (χ2n) is 10.4. The van der Waals surface area contributed by atoms with Gasteiger partial charge in [0, 0.05) is 13.1 Å². The second-order valence-corrected chi connectivity index (χ2v) is 10.4. The van der Waals surface area contributed by atoms with Crippen LogP contribution in [0.5, 0.6) is 0 Å². The van der Waals surface area contributed by atoms with Crippen LogP contribution in [0.2, 0.25) is 0 Å². The van der Waals surface area contributed by atoms with Gasteiger partial charge >= 0.3 is 6.03 Å². The predicted molar refractivity (Wildman–Crippen MR) is 133 cm³/mol. The fraction of sp³-hybridized carbons (Fsp3) is 0.667. The van der Waals surface area contributed by atoms with E-state index >= 15 is 0 Å². The summed E-state index contributed by atoms with van der Waals surface area (Å²) in [5.74, 6) is -0.121. The largest absolute Gasteiger partial charge is 0.377 e. The van der Waals surface area contributed by atoms with Gasteiger partial charge in [-0.2, -0.15) is 5.26 Å². The van der Waals surface area contributed by atoms with Crippen molar-refractivity contribution in [3.63, 3.8) is 0 Å². The molecule has 3 fully saturated rings. The lowest BCUT2D eigenvalue weighted by molar-refractivity contribution is -0.148. The van der Waals surface area contributed by atoms with E-state index in [1.807, 2.05) is 42.2 Å². The summed E-state index contributed by atoms with van der Waals surface area (Å²) in [6.07, 6.45) is 7.01. The van der Waals surface area contributed by atoms with E-state index in [4.69, 9.17) is 10.5 Å². The minimum atomic E-state index is -0.940. The molecule has 4 rings (SSSR count). The topological polar surface area (TPSA) is 112 Å². The molecule has 8 heteroatoms. The lowest BCUT2D eigenvalue weighted by Crippen LogP contribution is -2.61. The van der Waals surface area contributed by atoms with E-state index in [2.05, 4.69) is 11.4 Å². The molecule has 4 unspecified atom stereocenters. The van der Waals surface area contributed by atoms with E-state index < -0.39 is 23.5 Å². The molecule has 2 saturated heterocycles. The average Bonchev–Trinajstić information content (AvgIpc) is 3.38. The van der Waals surface area contributed by atoms with Crippen molar-refractivity contribution in [1.82, 2.24) is 15.1 Å². The molecular weight excluding hydrogens is 442 g/mol. The number of nitrogens with one attached hydrogen (secondary N) is 1. The summed E-state index contributed by atoms with van der Waals surface area (Å²) in [4.78, 5) is 30.5. The SMILES string of the molecule is CC(c1ccccc1)N(C(=O)C(CC1CCCCC1)C1COCCN1C(N)=O)C1(C#N)CCNC1. The van der Waals surface area contributed by atoms with Crippen LogP contribution in [-0.2, 0) is 9.53 Å². The van der Waals surface area contributed by atoms with Gasteiger partial charge in [0.15, 0.2) is 0 Å². The van der Waals surface area contributed by atoms with Crippen LogP contribution in [-0.4, -0.2) is 66.2 Å². The molecule has 1 aliphatic carbocycles. The quantitative estimate of drug-likeness (QED) is 0.621. The highest BCUT2D eigenvalue weighted by atomic mass is 16.5. The van der Waals surface area contributed by atoms with Gasteiger partial charge < -0.3 is 25.6 Å². The number of nitriles is 1. The first-order valence-electron chi connectivity index (χ1n) is 13.1. The first-order chi connectivity index (χ1) is 17.0. The summed E-state index contributed by atoms with van der Waals surface area (Å²) in [5.41, 5.74) is 5.83. The Kier molecular flexibility index (Phi) is 8.30. The number of nitrogens with two attached hydrogens (primary N) is 1. The fourth-order valence-corrected chi connectivity index (χ4v) is 6.30. The zero-order chi connectivity index (χ0) is 24.8. The number of urea groups is 1. The number of rotatable bonds is 7. The Bertz CT molecular complexity index is 905. The molecule has 0 aromatic heterocycles. The molecule has 8 nitrogen and oxygen atoms in total. The van der Waals surface area contributed by atoms with Crippen LogP contribution < -0.4 is 11.1 Å². The molecule has 1 saturated carbocycles. The van der Waals surface area contributed by atoms with E-state index in [9.17, 15) is 14.9 Å². The van der Waals surface area contributed by atoms with Crippen molar-refractivity contribution in [2.75, 3.05) is 32.8 Å². The summed E-state index contributed by atoms with van der Waals surface area (Å²) >= 11 is 0. The molecule has 35 heavy (non-hydrogen) atoms. The van der Waals surface area contributed by atoms with Gasteiger partial charge in [-0.05, 0) is 37.8 Å². The molecule has 0 bridgehead atoms. The van der Waals surface area contributed by atoms with Crippen LogP contribution in [0.3, 0.4) is 0 Å². The number of ether oxygens (including phenoxy) is 1. The maximum absolute atomic E-state index is 14.7. The van der Waals surface area contributed by atoms with Gasteiger partial charge in [0.2, 0.25) is 5.91 Å². The maximum atomic E-state index is 14.7. The average molecular weight is 482 g/mol. The van der Waals surface area contributed by atoms with E-state index in [-0.39, 0.29) is 18.6 Å². The summed E-state index contributed by atoms with van der Waals surface area (Å²) in [6.45, 7) is 4.21. The van der Waals surface area contributed by atoms with Crippen LogP contribution in [0.1, 0.15) is 63.5 Å². The van der Waals surface area contributed by atoms with Gasteiger partial charge in [0.05, 0.1) is 37.3 Å². The molecule has 1 aromatic rings. The highest BCUT2D eigenvalue weighted by Crippen LogP contribution is 2.38. The zero-order valence-electron chi connectivity index (χ0n) is 20.8. The Labute approximate surface area is 208 Å². The second kappa shape index (κ2) is 11.4. The third-order valence-corrected chi connectivity index (χ3v) is 8.25. The summed E-state index contributed by atoms with van der Waals surface area (Å²) in [7, 11) is 0. The minimum absolute atomic E-state index is 0.0704. The highest BCUT2D eigenvalue weighted by Gasteiger charge is 2.49. The van der Waals surface area contributed by atoms with Crippen molar-refractivity contribution in [2.24, 2.45) is 17.6 Å². The predicted octanol–water partition coefficient (Wildman–Crippen LogP) is 3.20. The molecule has 190 valence electrons. The number of benzene rings is 1. The highest BCUT2D eigenvalue weighted by molar-refractivity contribution is 5.83. The van der Waals surface area contributed by atoms with Crippen molar-refractivity contribution < 1.29 is 14.3 Å². The smallest absolute Gasteiger partial charge is 0.315 e. The number of morpholine rings is 1.